The average molecular weight is 343 g/mol. The van der Waals surface area contributed by atoms with Crippen molar-refractivity contribution in [3.8, 4) is 0 Å². The summed E-state index contributed by atoms with van der Waals surface area (Å²) in [6.45, 7) is 3.10. The summed E-state index contributed by atoms with van der Waals surface area (Å²) < 4.78 is 28.8. The molecule has 0 spiro atoms. The summed E-state index contributed by atoms with van der Waals surface area (Å²) >= 11 is 0. The second-order valence-corrected chi connectivity index (χ2v) is 7.37. The molecule has 1 aromatic rings. The van der Waals surface area contributed by atoms with Crippen molar-refractivity contribution in [1.82, 2.24) is 4.90 Å². The molecule has 0 unspecified atom stereocenters. The molecule has 0 heterocycles. The van der Waals surface area contributed by atoms with E-state index in [1.54, 1.807) is 13.8 Å². The number of carbonyl (C=O) groups excluding carboxylic acids is 1. The molecule has 1 aromatic carbocycles. The van der Waals surface area contributed by atoms with Gasteiger partial charge < -0.3 is 14.7 Å². The molecule has 1 N–H and O–H groups in total. The van der Waals surface area contributed by atoms with Crippen LogP contribution in [0.1, 0.15) is 24.2 Å². The van der Waals surface area contributed by atoms with Gasteiger partial charge in [0.05, 0.1) is 17.3 Å². The largest absolute Gasteiger partial charge is 0.480 e. The molecule has 0 aliphatic rings. The van der Waals surface area contributed by atoms with Crippen molar-refractivity contribution in [2.45, 2.75) is 24.8 Å². The molecule has 0 saturated heterocycles. The van der Waals surface area contributed by atoms with Crippen molar-refractivity contribution in [3.05, 3.63) is 29.8 Å². The zero-order chi connectivity index (χ0) is 17.6. The van der Waals surface area contributed by atoms with Gasteiger partial charge in [-0.3, -0.25) is 9.59 Å². The van der Waals surface area contributed by atoms with E-state index in [4.69, 9.17) is 9.84 Å². The highest BCUT2D eigenvalue weighted by Gasteiger charge is 2.22. The predicted molar refractivity (Wildman–Crippen MR) is 84.2 cm³/mol. The molecule has 0 bridgehead atoms. The highest BCUT2D eigenvalue weighted by Crippen LogP contribution is 2.15. The van der Waals surface area contributed by atoms with Gasteiger partial charge in [0.25, 0.3) is 5.91 Å². The number of ether oxygens (including phenoxy) is 1. The Morgan fingerprint density at radius 2 is 1.78 bits per heavy atom. The number of rotatable bonds is 8. The van der Waals surface area contributed by atoms with Crippen LogP contribution < -0.4 is 0 Å². The molecule has 0 atom stereocenters. The summed E-state index contributed by atoms with van der Waals surface area (Å²) in [5.41, 5.74) is 0.241. The Labute approximate surface area is 135 Å². The lowest BCUT2D eigenvalue weighted by Gasteiger charge is -2.25. The summed E-state index contributed by atoms with van der Waals surface area (Å²) in [4.78, 5) is 24.5. The molecule has 0 fully saturated rings. The van der Waals surface area contributed by atoms with Crippen molar-refractivity contribution in [2.24, 2.45) is 0 Å². The van der Waals surface area contributed by atoms with E-state index >= 15 is 0 Å². The monoisotopic (exact) mass is 343 g/mol. The Kier molecular flexibility index (Phi) is 6.71. The molecule has 23 heavy (non-hydrogen) atoms. The Morgan fingerprint density at radius 3 is 2.22 bits per heavy atom. The molecule has 1 amide bonds. The molecule has 0 aliphatic heterocycles. The summed E-state index contributed by atoms with van der Waals surface area (Å²) in [6.07, 6.45) is 0. The highest BCUT2D eigenvalue weighted by molar-refractivity contribution is 7.91. The first-order chi connectivity index (χ1) is 10.7. The number of hydrogen-bond donors (Lipinski definition) is 1. The third-order valence-electron chi connectivity index (χ3n) is 3.21. The van der Waals surface area contributed by atoms with Gasteiger partial charge >= 0.3 is 5.97 Å². The number of carboxylic acid groups (broad SMARTS) is 1. The smallest absolute Gasteiger partial charge is 0.323 e. The Hall–Kier alpha value is -1.93. The first-order valence-corrected chi connectivity index (χ1v) is 8.68. The van der Waals surface area contributed by atoms with Crippen LogP contribution in [0.15, 0.2) is 29.2 Å². The second kappa shape index (κ2) is 8.07. The standard InChI is InChI=1S/C15H21NO6S/c1-11(2)16(10-14(17)18)15(19)12-4-6-13(7-5-12)23(20,21)9-8-22-3/h4-7,11H,8-10H2,1-3H3,(H,17,18). The second-order valence-electron chi connectivity index (χ2n) is 5.26. The van der Waals surface area contributed by atoms with E-state index < -0.39 is 28.3 Å². The summed E-state index contributed by atoms with van der Waals surface area (Å²) in [6, 6.07) is 5.18. The van der Waals surface area contributed by atoms with Crippen LogP contribution in [-0.2, 0) is 19.4 Å². The number of sulfone groups is 1. The lowest BCUT2D eigenvalue weighted by molar-refractivity contribution is -0.138. The minimum absolute atomic E-state index is 0.0861. The average Bonchev–Trinajstić information content (AvgIpc) is 2.49. The summed E-state index contributed by atoms with van der Waals surface area (Å²) in [7, 11) is -2.05. The fourth-order valence-electron chi connectivity index (χ4n) is 1.92. The van der Waals surface area contributed by atoms with Gasteiger partial charge in [0.1, 0.15) is 6.54 Å². The van der Waals surface area contributed by atoms with Crippen LogP contribution in [0.2, 0.25) is 0 Å². The number of nitrogens with zero attached hydrogens (tertiary/aromatic N) is 1. The first-order valence-electron chi connectivity index (χ1n) is 7.03. The van der Waals surface area contributed by atoms with E-state index in [9.17, 15) is 18.0 Å². The van der Waals surface area contributed by atoms with Crippen LogP contribution in [-0.4, -0.2) is 62.4 Å². The topological polar surface area (TPSA) is 101 Å². The minimum Gasteiger partial charge on any atom is -0.480 e. The molecule has 0 radical (unpaired) electrons. The maximum Gasteiger partial charge on any atom is 0.323 e. The Balaban J connectivity index is 2.99. The van der Waals surface area contributed by atoms with Crippen molar-refractivity contribution >= 4 is 21.7 Å². The number of benzene rings is 1. The maximum atomic E-state index is 12.3. The number of aliphatic carboxylic acids is 1. The normalized spacial score (nSPS) is 11.5. The van der Waals surface area contributed by atoms with Gasteiger partial charge in [-0.25, -0.2) is 8.42 Å². The quantitative estimate of drug-likeness (QED) is 0.757. The SMILES string of the molecule is COCCS(=O)(=O)c1ccc(C(=O)N(CC(=O)O)C(C)C)cc1. The van der Waals surface area contributed by atoms with Crippen molar-refractivity contribution in [3.63, 3.8) is 0 Å². The molecule has 0 aromatic heterocycles. The summed E-state index contributed by atoms with van der Waals surface area (Å²) in [5, 5.41) is 8.88. The predicted octanol–water partition coefficient (Wildman–Crippen LogP) is 1.04. The van der Waals surface area contributed by atoms with Crippen LogP contribution in [0.5, 0.6) is 0 Å². The van der Waals surface area contributed by atoms with Crippen molar-refractivity contribution in [2.75, 3.05) is 26.0 Å². The lowest BCUT2D eigenvalue weighted by atomic mass is 10.1. The third-order valence-corrected chi connectivity index (χ3v) is 4.90. The van der Waals surface area contributed by atoms with Gasteiger partial charge in [-0.15, -0.1) is 0 Å². The molecule has 128 valence electrons. The number of hydrogen-bond acceptors (Lipinski definition) is 5. The molecular formula is C15H21NO6S. The van der Waals surface area contributed by atoms with E-state index in [1.807, 2.05) is 0 Å². The van der Waals surface area contributed by atoms with Gasteiger partial charge in [-0.05, 0) is 38.1 Å². The summed E-state index contributed by atoms with van der Waals surface area (Å²) in [5.74, 6) is -1.71. The van der Waals surface area contributed by atoms with E-state index in [2.05, 4.69) is 0 Å². The number of amides is 1. The number of carbonyl (C=O) groups is 2. The van der Waals surface area contributed by atoms with E-state index in [-0.39, 0.29) is 28.9 Å². The van der Waals surface area contributed by atoms with Gasteiger partial charge in [-0.2, -0.15) is 0 Å². The third kappa shape index (κ3) is 5.33. The van der Waals surface area contributed by atoms with Crippen LogP contribution in [0.3, 0.4) is 0 Å². The maximum absolute atomic E-state index is 12.3. The number of carboxylic acids is 1. The van der Waals surface area contributed by atoms with E-state index in [0.29, 0.717) is 0 Å². The fraction of sp³-hybridized carbons (Fsp3) is 0.467. The molecular weight excluding hydrogens is 322 g/mol. The van der Waals surface area contributed by atoms with Gasteiger partial charge in [0.2, 0.25) is 0 Å². The van der Waals surface area contributed by atoms with Gasteiger partial charge in [0.15, 0.2) is 9.84 Å². The fourth-order valence-corrected chi connectivity index (χ4v) is 3.09. The first kappa shape index (κ1) is 19.1. The Bertz CT molecular complexity index is 651. The van der Waals surface area contributed by atoms with Gasteiger partial charge in [-0.1, -0.05) is 0 Å². The van der Waals surface area contributed by atoms with E-state index in [0.717, 1.165) is 0 Å². The molecule has 8 heteroatoms. The molecule has 7 nitrogen and oxygen atoms in total. The lowest BCUT2D eigenvalue weighted by Crippen LogP contribution is -2.40. The molecule has 1 rings (SSSR count). The van der Waals surface area contributed by atoms with Gasteiger partial charge in [0, 0.05) is 18.7 Å². The van der Waals surface area contributed by atoms with Crippen LogP contribution in [0.25, 0.3) is 0 Å². The molecule has 0 saturated carbocycles. The molecule has 0 aliphatic carbocycles. The van der Waals surface area contributed by atoms with Crippen LogP contribution in [0.4, 0.5) is 0 Å². The van der Waals surface area contributed by atoms with Crippen molar-refractivity contribution < 1.29 is 27.9 Å². The van der Waals surface area contributed by atoms with Crippen LogP contribution >= 0.6 is 0 Å². The Morgan fingerprint density at radius 1 is 1.22 bits per heavy atom. The number of methoxy groups -OCH3 is 1. The van der Waals surface area contributed by atoms with Crippen LogP contribution in [0, 0.1) is 0 Å². The van der Waals surface area contributed by atoms with Crippen molar-refractivity contribution in [1.29, 1.82) is 0 Å². The highest BCUT2D eigenvalue weighted by atomic mass is 32.2. The van der Waals surface area contributed by atoms with E-state index in [1.165, 1.54) is 36.3 Å². The zero-order valence-electron chi connectivity index (χ0n) is 13.4. The minimum atomic E-state index is -3.46. The zero-order valence-corrected chi connectivity index (χ0v) is 14.2.